The molecule has 2 heteroatoms. The smallest absolute Gasteiger partial charge is 0.150 e. The Morgan fingerprint density at radius 2 is 1.83 bits per heavy atom. The van der Waals surface area contributed by atoms with Crippen molar-refractivity contribution in [3.63, 3.8) is 0 Å². The minimum absolute atomic E-state index is 0.208. The fraction of sp³-hybridized carbons (Fsp3) is 0.900. The van der Waals surface area contributed by atoms with Crippen molar-refractivity contribution in [1.29, 1.82) is 0 Å². The molecule has 0 aromatic rings. The van der Waals surface area contributed by atoms with Crippen LogP contribution in [0.2, 0.25) is 0 Å². The minimum Gasteiger partial charge on any atom is -0.321 e. The highest BCUT2D eigenvalue weighted by Gasteiger charge is 2.18. The highest BCUT2D eigenvalue weighted by molar-refractivity contribution is 5.84. The van der Waals surface area contributed by atoms with Gasteiger partial charge >= 0.3 is 0 Å². The van der Waals surface area contributed by atoms with Crippen LogP contribution in [0.25, 0.3) is 0 Å². The van der Waals surface area contributed by atoms with Crippen LogP contribution >= 0.6 is 0 Å². The SMILES string of the molecule is CCC(C)CC(=O)C(N)C(C)C. The summed E-state index contributed by atoms with van der Waals surface area (Å²) < 4.78 is 0. The molecule has 0 aliphatic rings. The Labute approximate surface area is 75.5 Å². The third kappa shape index (κ3) is 3.86. The highest BCUT2D eigenvalue weighted by atomic mass is 16.1. The maximum Gasteiger partial charge on any atom is 0.150 e. The molecule has 2 nitrogen and oxygen atoms in total. The first kappa shape index (κ1) is 11.6. The summed E-state index contributed by atoms with van der Waals surface area (Å²) in [6, 6.07) is -0.265. The quantitative estimate of drug-likeness (QED) is 0.687. The van der Waals surface area contributed by atoms with Gasteiger partial charge in [-0.25, -0.2) is 0 Å². The first-order chi connectivity index (χ1) is 5.49. The predicted octanol–water partition coefficient (Wildman–Crippen LogP) is 1.98. The largest absolute Gasteiger partial charge is 0.321 e. The molecule has 0 aliphatic carbocycles. The van der Waals surface area contributed by atoms with Gasteiger partial charge in [0.05, 0.1) is 6.04 Å². The van der Waals surface area contributed by atoms with E-state index in [2.05, 4.69) is 13.8 Å². The van der Waals surface area contributed by atoms with Crippen molar-refractivity contribution in [3.05, 3.63) is 0 Å². The molecule has 12 heavy (non-hydrogen) atoms. The molecule has 0 rings (SSSR count). The van der Waals surface area contributed by atoms with E-state index < -0.39 is 0 Å². The second-order valence-corrected chi connectivity index (χ2v) is 3.95. The molecule has 72 valence electrons. The van der Waals surface area contributed by atoms with Crippen LogP contribution in [-0.2, 0) is 4.79 Å². The molecule has 0 amide bonds. The lowest BCUT2D eigenvalue weighted by molar-refractivity contribution is -0.122. The summed E-state index contributed by atoms with van der Waals surface area (Å²) in [6.45, 7) is 8.15. The van der Waals surface area contributed by atoms with Crippen molar-refractivity contribution in [1.82, 2.24) is 0 Å². The van der Waals surface area contributed by atoms with Gasteiger partial charge in [0.1, 0.15) is 5.78 Å². The summed E-state index contributed by atoms with van der Waals surface area (Å²) in [7, 11) is 0. The first-order valence-electron chi connectivity index (χ1n) is 4.77. The van der Waals surface area contributed by atoms with Gasteiger partial charge in [0.2, 0.25) is 0 Å². The Balaban J connectivity index is 3.87. The van der Waals surface area contributed by atoms with Gasteiger partial charge in [-0.2, -0.15) is 0 Å². The molecule has 0 saturated carbocycles. The molecule has 0 heterocycles. The first-order valence-corrected chi connectivity index (χ1v) is 4.77. The van der Waals surface area contributed by atoms with E-state index in [9.17, 15) is 4.79 Å². The average Bonchev–Trinajstić information content (AvgIpc) is 2.02. The average molecular weight is 171 g/mol. The van der Waals surface area contributed by atoms with Crippen molar-refractivity contribution in [2.45, 2.75) is 46.6 Å². The molecule has 0 radical (unpaired) electrons. The lowest BCUT2D eigenvalue weighted by Gasteiger charge is -2.16. The molecule has 0 aromatic heterocycles. The van der Waals surface area contributed by atoms with Gasteiger partial charge in [-0.3, -0.25) is 4.79 Å². The molecule has 0 bridgehead atoms. The summed E-state index contributed by atoms with van der Waals surface area (Å²) in [5, 5.41) is 0. The minimum atomic E-state index is -0.265. The normalized spacial score (nSPS) is 16.2. The zero-order chi connectivity index (χ0) is 9.72. The van der Waals surface area contributed by atoms with E-state index >= 15 is 0 Å². The summed E-state index contributed by atoms with van der Waals surface area (Å²) in [5.41, 5.74) is 5.71. The Bertz CT molecular complexity index is 143. The molecule has 2 N–H and O–H groups in total. The Morgan fingerprint density at radius 1 is 1.33 bits per heavy atom. The lowest BCUT2D eigenvalue weighted by Crippen LogP contribution is -2.36. The van der Waals surface area contributed by atoms with Crippen molar-refractivity contribution in [2.75, 3.05) is 0 Å². The van der Waals surface area contributed by atoms with E-state index in [1.807, 2.05) is 13.8 Å². The molecule has 0 spiro atoms. The third-order valence-electron chi connectivity index (χ3n) is 2.34. The predicted molar refractivity (Wildman–Crippen MR) is 51.9 cm³/mol. The van der Waals surface area contributed by atoms with E-state index in [0.717, 1.165) is 6.42 Å². The van der Waals surface area contributed by atoms with Crippen LogP contribution in [0.4, 0.5) is 0 Å². The topological polar surface area (TPSA) is 43.1 Å². The Hall–Kier alpha value is -0.370. The molecular formula is C10H21NO. The summed E-state index contributed by atoms with van der Waals surface area (Å²) in [4.78, 5) is 11.4. The number of nitrogens with two attached hydrogens (primary N) is 1. The molecule has 0 aromatic carbocycles. The Morgan fingerprint density at radius 3 is 2.17 bits per heavy atom. The fourth-order valence-corrected chi connectivity index (χ4v) is 0.996. The molecular weight excluding hydrogens is 150 g/mol. The summed E-state index contributed by atoms with van der Waals surface area (Å²) >= 11 is 0. The van der Waals surface area contributed by atoms with Crippen molar-refractivity contribution in [2.24, 2.45) is 17.6 Å². The number of hydrogen-bond donors (Lipinski definition) is 1. The van der Waals surface area contributed by atoms with Gasteiger partial charge in [0.25, 0.3) is 0 Å². The summed E-state index contributed by atoms with van der Waals surface area (Å²) in [6.07, 6.45) is 1.69. The van der Waals surface area contributed by atoms with Gasteiger partial charge in [-0.05, 0) is 11.8 Å². The molecule has 0 fully saturated rings. The van der Waals surface area contributed by atoms with Gasteiger partial charge in [0, 0.05) is 6.42 Å². The van der Waals surface area contributed by atoms with Crippen LogP contribution in [0.5, 0.6) is 0 Å². The van der Waals surface area contributed by atoms with Gasteiger partial charge in [0.15, 0.2) is 0 Å². The zero-order valence-electron chi connectivity index (χ0n) is 8.63. The number of hydrogen-bond acceptors (Lipinski definition) is 2. The number of ketones is 1. The monoisotopic (exact) mass is 171 g/mol. The van der Waals surface area contributed by atoms with Gasteiger partial charge < -0.3 is 5.73 Å². The highest BCUT2D eigenvalue weighted by Crippen LogP contribution is 2.10. The van der Waals surface area contributed by atoms with E-state index in [4.69, 9.17) is 5.73 Å². The number of carbonyl (C=O) groups excluding carboxylic acids is 1. The number of carbonyl (C=O) groups is 1. The molecule has 0 aliphatic heterocycles. The second-order valence-electron chi connectivity index (χ2n) is 3.95. The maximum absolute atomic E-state index is 11.4. The Kier molecular flexibility index (Phi) is 5.14. The van der Waals surface area contributed by atoms with Crippen LogP contribution in [0.15, 0.2) is 0 Å². The van der Waals surface area contributed by atoms with E-state index in [-0.39, 0.29) is 17.7 Å². The zero-order valence-corrected chi connectivity index (χ0v) is 8.63. The van der Waals surface area contributed by atoms with E-state index in [1.54, 1.807) is 0 Å². The van der Waals surface area contributed by atoms with Gasteiger partial charge in [-0.1, -0.05) is 34.1 Å². The molecule has 2 atom stereocenters. The van der Waals surface area contributed by atoms with E-state index in [0.29, 0.717) is 12.3 Å². The standard InChI is InChI=1S/C10H21NO/c1-5-8(4)6-9(12)10(11)7(2)3/h7-8,10H,5-6,11H2,1-4H3. The van der Waals surface area contributed by atoms with Crippen LogP contribution in [-0.4, -0.2) is 11.8 Å². The van der Waals surface area contributed by atoms with Crippen LogP contribution < -0.4 is 5.73 Å². The van der Waals surface area contributed by atoms with E-state index in [1.165, 1.54) is 0 Å². The fourth-order valence-electron chi connectivity index (χ4n) is 0.996. The maximum atomic E-state index is 11.4. The van der Waals surface area contributed by atoms with Crippen molar-refractivity contribution in [3.8, 4) is 0 Å². The van der Waals surface area contributed by atoms with Gasteiger partial charge in [-0.15, -0.1) is 0 Å². The van der Waals surface area contributed by atoms with Crippen LogP contribution in [0.3, 0.4) is 0 Å². The summed E-state index contributed by atoms with van der Waals surface area (Å²) in [5.74, 6) is 0.947. The second kappa shape index (κ2) is 5.31. The van der Waals surface area contributed by atoms with Crippen LogP contribution in [0, 0.1) is 11.8 Å². The molecule has 0 saturated heterocycles. The van der Waals surface area contributed by atoms with Crippen molar-refractivity contribution < 1.29 is 4.79 Å². The van der Waals surface area contributed by atoms with Crippen LogP contribution in [0.1, 0.15) is 40.5 Å². The third-order valence-corrected chi connectivity index (χ3v) is 2.34. The lowest BCUT2D eigenvalue weighted by atomic mass is 9.93. The number of rotatable bonds is 5. The molecule has 2 unspecified atom stereocenters. The van der Waals surface area contributed by atoms with Crippen molar-refractivity contribution >= 4 is 5.78 Å². The number of Topliss-reactive ketones (excluding diaryl/α,β-unsaturated/α-hetero) is 1.